The first kappa shape index (κ1) is 25.4. The molecule has 2 atom stereocenters. The van der Waals surface area contributed by atoms with Crippen LogP contribution in [0.1, 0.15) is 20.3 Å². The second-order valence-electron chi connectivity index (χ2n) is 8.44. The minimum absolute atomic E-state index is 0.142. The molecule has 12 heteroatoms. The minimum atomic E-state index is -4.01. The van der Waals surface area contributed by atoms with Crippen molar-refractivity contribution in [1.29, 1.82) is 0 Å². The Morgan fingerprint density at radius 1 is 1.18 bits per heavy atom. The number of ether oxygens (including phenoxy) is 1. The number of fused-ring (bicyclic) bond motifs is 1. The Kier molecular flexibility index (Phi) is 7.96. The standard InChI is InChI=1S/C21H26ClN3O6S2/c1-13-6-14(2)9-24(8-13)19(27)12-33(29,30)11-18(26)23-21-25(10-20(28)31-3)16-5-4-15(22)7-17(16)32-21/h4-5,7,13-14H,6,8-12H2,1-3H3. The first-order valence-corrected chi connectivity index (χ1v) is 13.4. The largest absolute Gasteiger partial charge is 0.468 e. The number of thiazole rings is 1. The number of benzene rings is 1. The molecule has 1 aliphatic heterocycles. The lowest BCUT2D eigenvalue weighted by atomic mass is 9.92. The molecule has 3 rings (SSSR count). The number of sulfone groups is 1. The summed E-state index contributed by atoms with van der Waals surface area (Å²) in [5, 5.41) is 0.467. The lowest BCUT2D eigenvalue weighted by Crippen LogP contribution is -2.45. The number of likely N-dealkylation sites (tertiary alicyclic amines) is 1. The normalized spacial score (nSPS) is 19.6. The van der Waals surface area contributed by atoms with E-state index in [1.54, 1.807) is 23.1 Å². The van der Waals surface area contributed by atoms with Crippen molar-refractivity contribution in [2.75, 3.05) is 31.7 Å². The highest BCUT2D eigenvalue weighted by Gasteiger charge is 2.29. The topological polar surface area (TPSA) is 115 Å². The van der Waals surface area contributed by atoms with Crippen molar-refractivity contribution in [2.24, 2.45) is 16.8 Å². The Morgan fingerprint density at radius 2 is 1.85 bits per heavy atom. The van der Waals surface area contributed by atoms with Gasteiger partial charge in [0.1, 0.15) is 18.1 Å². The molecule has 0 bridgehead atoms. The summed E-state index contributed by atoms with van der Waals surface area (Å²) >= 11 is 7.12. The Hall–Kier alpha value is -2.24. The third kappa shape index (κ3) is 6.64. The quantitative estimate of drug-likeness (QED) is 0.542. The van der Waals surface area contributed by atoms with Crippen molar-refractivity contribution in [3.05, 3.63) is 28.0 Å². The molecular weight excluding hydrogens is 490 g/mol. The number of hydrogen-bond acceptors (Lipinski definition) is 7. The number of esters is 1. The molecule has 1 aromatic carbocycles. The fourth-order valence-electron chi connectivity index (χ4n) is 4.00. The van der Waals surface area contributed by atoms with Crippen LogP contribution in [0.15, 0.2) is 23.2 Å². The maximum absolute atomic E-state index is 12.5. The van der Waals surface area contributed by atoms with Crippen LogP contribution >= 0.6 is 22.9 Å². The van der Waals surface area contributed by atoms with Gasteiger partial charge in [0.2, 0.25) is 5.91 Å². The molecular formula is C21H26ClN3O6S2. The van der Waals surface area contributed by atoms with Gasteiger partial charge >= 0.3 is 5.97 Å². The Labute approximate surface area is 200 Å². The van der Waals surface area contributed by atoms with E-state index in [1.807, 2.05) is 13.8 Å². The van der Waals surface area contributed by atoms with E-state index in [0.717, 1.165) is 17.8 Å². The number of carbonyl (C=O) groups is 3. The number of halogens is 1. The number of nitrogens with zero attached hydrogens (tertiary/aromatic N) is 3. The third-order valence-corrected chi connectivity index (χ3v) is 7.94. The highest BCUT2D eigenvalue weighted by Crippen LogP contribution is 2.22. The van der Waals surface area contributed by atoms with Crippen molar-refractivity contribution >= 4 is 60.8 Å². The summed E-state index contributed by atoms with van der Waals surface area (Å²) in [6.07, 6.45) is 0.986. The van der Waals surface area contributed by atoms with Crippen molar-refractivity contribution < 1.29 is 27.5 Å². The summed E-state index contributed by atoms with van der Waals surface area (Å²) in [5.41, 5.74) is 0.604. The van der Waals surface area contributed by atoms with E-state index in [1.165, 1.54) is 11.7 Å². The van der Waals surface area contributed by atoms with Gasteiger partial charge in [0.25, 0.3) is 5.91 Å². The van der Waals surface area contributed by atoms with Crippen LogP contribution in [0, 0.1) is 11.8 Å². The number of hydrogen-bond donors (Lipinski definition) is 0. The first-order chi connectivity index (χ1) is 15.5. The lowest BCUT2D eigenvalue weighted by Gasteiger charge is -2.34. The van der Waals surface area contributed by atoms with Crippen LogP contribution in [0.25, 0.3) is 10.2 Å². The van der Waals surface area contributed by atoms with Gasteiger partial charge < -0.3 is 14.2 Å². The maximum atomic E-state index is 12.5. The number of piperidine rings is 1. The van der Waals surface area contributed by atoms with Crippen LogP contribution < -0.4 is 4.80 Å². The maximum Gasteiger partial charge on any atom is 0.325 e. The highest BCUT2D eigenvalue weighted by atomic mass is 35.5. The van der Waals surface area contributed by atoms with E-state index in [4.69, 9.17) is 16.3 Å². The molecule has 0 radical (unpaired) electrons. The molecule has 0 aliphatic carbocycles. The van der Waals surface area contributed by atoms with Crippen LogP contribution in [0.5, 0.6) is 0 Å². The van der Waals surface area contributed by atoms with E-state index in [2.05, 4.69) is 4.99 Å². The number of rotatable bonds is 6. The summed E-state index contributed by atoms with van der Waals surface area (Å²) in [6.45, 7) is 4.85. The average Bonchev–Trinajstić information content (AvgIpc) is 3.01. The summed E-state index contributed by atoms with van der Waals surface area (Å²) in [7, 11) is -2.77. The summed E-state index contributed by atoms with van der Waals surface area (Å²) in [6, 6.07) is 4.97. The van der Waals surface area contributed by atoms with Crippen LogP contribution in [-0.4, -0.2) is 67.4 Å². The molecule has 1 aliphatic rings. The van der Waals surface area contributed by atoms with Gasteiger partial charge in [0.05, 0.1) is 17.3 Å². The van der Waals surface area contributed by atoms with E-state index in [9.17, 15) is 22.8 Å². The average molecular weight is 516 g/mol. The summed E-state index contributed by atoms with van der Waals surface area (Å²) in [5.74, 6) is -3.02. The van der Waals surface area contributed by atoms with Gasteiger partial charge in [-0.1, -0.05) is 36.8 Å². The van der Waals surface area contributed by atoms with Crippen LogP contribution in [0.3, 0.4) is 0 Å². The molecule has 33 heavy (non-hydrogen) atoms. The second kappa shape index (κ2) is 10.4. The lowest BCUT2D eigenvalue weighted by molar-refractivity contribution is -0.141. The van der Waals surface area contributed by atoms with E-state index in [-0.39, 0.29) is 11.3 Å². The van der Waals surface area contributed by atoms with Gasteiger partial charge in [-0.25, -0.2) is 8.42 Å². The van der Waals surface area contributed by atoms with Gasteiger partial charge in [-0.3, -0.25) is 14.4 Å². The van der Waals surface area contributed by atoms with Gasteiger partial charge in [-0.05, 0) is 36.5 Å². The van der Waals surface area contributed by atoms with E-state index < -0.39 is 39.1 Å². The predicted octanol–water partition coefficient (Wildman–Crippen LogP) is 1.88. The number of carbonyl (C=O) groups excluding carboxylic acids is 3. The van der Waals surface area contributed by atoms with E-state index >= 15 is 0 Å². The molecule has 0 N–H and O–H groups in total. The fraction of sp³-hybridized carbons (Fsp3) is 0.524. The number of methoxy groups -OCH3 is 1. The molecule has 0 saturated carbocycles. The molecule has 2 unspecified atom stereocenters. The van der Waals surface area contributed by atoms with Gasteiger partial charge in [0.15, 0.2) is 14.6 Å². The molecule has 180 valence electrons. The molecule has 0 spiro atoms. The van der Waals surface area contributed by atoms with Crippen LogP contribution in [-0.2, 0) is 35.5 Å². The Morgan fingerprint density at radius 3 is 2.48 bits per heavy atom. The van der Waals surface area contributed by atoms with Crippen LogP contribution in [0.2, 0.25) is 5.02 Å². The summed E-state index contributed by atoms with van der Waals surface area (Å²) in [4.78, 5) is 42.5. The minimum Gasteiger partial charge on any atom is -0.468 e. The van der Waals surface area contributed by atoms with Crippen molar-refractivity contribution in [3.63, 3.8) is 0 Å². The zero-order valence-electron chi connectivity index (χ0n) is 18.6. The molecule has 1 fully saturated rings. The molecule has 2 heterocycles. The molecule has 1 saturated heterocycles. The molecule has 9 nitrogen and oxygen atoms in total. The van der Waals surface area contributed by atoms with Gasteiger partial charge in [-0.2, -0.15) is 4.99 Å². The smallest absolute Gasteiger partial charge is 0.325 e. The number of amides is 2. The van der Waals surface area contributed by atoms with Crippen molar-refractivity contribution in [2.45, 2.75) is 26.8 Å². The highest BCUT2D eigenvalue weighted by molar-refractivity contribution is 7.92. The first-order valence-electron chi connectivity index (χ1n) is 10.4. The predicted molar refractivity (Wildman–Crippen MR) is 126 cm³/mol. The zero-order valence-corrected chi connectivity index (χ0v) is 21.0. The zero-order chi connectivity index (χ0) is 24.3. The Bertz CT molecular complexity index is 1240. The van der Waals surface area contributed by atoms with E-state index in [0.29, 0.717) is 40.2 Å². The molecule has 2 amide bonds. The molecule has 2 aromatic rings. The second-order valence-corrected chi connectivity index (χ2v) is 12.0. The molecule has 1 aromatic heterocycles. The Balaban J connectivity index is 1.81. The number of aromatic nitrogens is 1. The fourth-order valence-corrected chi connectivity index (χ4v) is 6.43. The third-order valence-electron chi connectivity index (χ3n) is 5.29. The monoisotopic (exact) mass is 515 g/mol. The van der Waals surface area contributed by atoms with Crippen molar-refractivity contribution in [3.8, 4) is 0 Å². The van der Waals surface area contributed by atoms with Crippen LogP contribution in [0.4, 0.5) is 0 Å². The SMILES string of the molecule is COC(=O)Cn1c(=NC(=O)CS(=O)(=O)CC(=O)N2CC(C)CC(C)C2)sc2cc(Cl)ccc21. The van der Waals surface area contributed by atoms with Gasteiger partial charge in [-0.15, -0.1) is 0 Å². The summed E-state index contributed by atoms with van der Waals surface area (Å²) < 4.78 is 31.9. The van der Waals surface area contributed by atoms with Gasteiger partial charge in [0, 0.05) is 18.1 Å². The van der Waals surface area contributed by atoms with Crippen molar-refractivity contribution in [1.82, 2.24) is 9.47 Å².